The zero-order valence-electron chi connectivity index (χ0n) is 69.1. The summed E-state index contributed by atoms with van der Waals surface area (Å²) in [7, 11) is 4.12. The molecule has 109 heavy (non-hydrogen) atoms. The number of nitrogens with one attached hydrogen (secondary N) is 2. The van der Waals surface area contributed by atoms with Crippen molar-refractivity contribution in [1.82, 2.24) is 44.8 Å². The van der Waals surface area contributed by atoms with Gasteiger partial charge in [-0.3, -0.25) is 0 Å². The van der Waals surface area contributed by atoms with Crippen LogP contribution in [0, 0.1) is 0 Å². The predicted octanol–water partition coefficient (Wildman–Crippen LogP) is 26.0. The average Bonchev–Trinajstić information content (AvgIpc) is 1.60. The van der Waals surface area contributed by atoms with Gasteiger partial charge in [-0.25, -0.2) is 29.9 Å². The van der Waals surface area contributed by atoms with Gasteiger partial charge in [0.1, 0.15) is 29.2 Å². The predicted molar refractivity (Wildman–Crippen MR) is 452 cm³/mol. The molecule has 0 spiro atoms. The third kappa shape index (κ3) is 27.2. The first-order valence-electron chi connectivity index (χ1n) is 43.9. The van der Waals surface area contributed by atoms with Crippen molar-refractivity contribution in [2.75, 3.05) is 73.5 Å². The number of nitrogens with zero attached hydrogens (tertiary/aromatic N) is 7. The normalized spacial score (nSPS) is 11.8. The van der Waals surface area contributed by atoms with Crippen molar-refractivity contribution < 1.29 is 37.9 Å². The number of hydrogen-bond donors (Lipinski definition) is 2. The van der Waals surface area contributed by atoms with E-state index in [4.69, 9.17) is 67.8 Å². The highest BCUT2D eigenvalue weighted by Gasteiger charge is 2.28. The second kappa shape index (κ2) is 49.1. The first-order chi connectivity index (χ1) is 53.7. The van der Waals surface area contributed by atoms with E-state index in [1.807, 2.05) is 0 Å². The lowest BCUT2D eigenvalue weighted by Gasteiger charge is -2.16. The van der Waals surface area contributed by atoms with Gasteiger partial charge in [-0.15, -0.1) is 0 Å². The minimum Gasteiger partial charge on any atom is -0.490 e. The van der Waals surface area contributed by atoms with Crippen LogP contribution in [-0.2, 0) is 0 Å². The molecule has 0 aliphatic carbocycles. The SMILES string of the molecule is CCCCCCCCOc1cc2c(cc1OCCCCCCCC)-c1nc-2nc2[nH]c(nc3nc(nc4[nH]c(n1)c1cc(OCCCCCCCC)c(OCCCCCCCC)cc41)-c1cc(OCCN(C)C)c(OCCCCCCCC)cc1-3)c1cc(OCCCCCCCC)c(OCCCCCCCC)cc21. The molecule has 0 saturated heterocycles. The van der Waals surface area contributed by atoms with Crippen LogP contribution in [0.25, 0.3) is 89.7 Å². The van der Waals surface area contributed by atoms with Gasteiger partial charge in [-0.05, 0) is 108 Å². The van der Waals surface area contributed by atoms with Crippen LogP contribution in [0.2, 0.25) is 0 Å². The van der Waals surface area contributed by atoms with Crippen LogP contribution in [0.4, 0.5) is 0 Å². The number of aromatic nitrogens is 8. The second-order valence-electron chi connectivity index (χ2n) is 31.0. The summed E-state index contributed by atoms with van der Waals surface area (Å²) in [5.74, 6) is 7.06. The molecule has 17 nitrogen and oxygen atoms in total. The molecule has 2 aliphatic rings. The van der Waals surface area contributed by atoms with Gasteiger partial charge < -0.3 is 52.8 Å². The number of aromatic amines is 2. The zero-order valence-corrected chi connectivity index (χ0v) is 69.1. The fourth-order valence-electron chi connectivity index (χ4n) is 14.5. The summed E-state index contributed by atoms with van der Waals surface area (Å²) < 4.78 is 54.9. The van der Waals surface area contributed by atoms with Crippen LogP contribution < -0.4 is 37.9 Å². The molecule has 7 aromatic rings. The number of hydrogen-bond acceptors (Lipinski definition) is 15. The molecule has 9 rings (SSSR count). The molecule has 0 atom stereocenters. The molecule has 17 heteroatoms. The first kappa shape index (κ1) is 85.6. The van der Waals surface area contributed by atoms with Gasteiger partial charge in [-0.1, -0.05) is 273 Å². The molecule has 0 amide bonds. The molecule has 8 bridgehead atoms. The van der Waals surface area contributed by atoms with E-state index in [0.29, 0.717) is 151 Å². The number of benzene rings is 4. The van der Waals surface area contributed by atoms with E-state index in [0.717, 1.165) is 134 Å². The van der Waals surface area contributed by atoms with Crippen LogP contribution >= 0.6 is 0 Å². The minimum absolute atomic E-state index is 0.446. The summed E-state index contributed by atoms with van der Waals surface area (Å²) >= 11 is 0. The zero-order chi connectivity index (χ0) is 76.5. The highest BCUT2D eigenvalue weighted by atomic mass is 16.5. The maximum absolute atomic E-state index is 6.89. The Morgan fingerprint density at radius 1 is 0.220 bits per heavy atom. The minimum atomic E-state index is 0.446. The Morgan fingerprint density at radius 3 is 0.587 bits per heavy atom. The summed E-state index contributed by atoms with van der Waals surface area (Å²) in [6.07, 6.45) is 48.1. The number of H-pyrrole nitrogens is 2. The molecule has 2 N–H and O–H groups in total. The molecule has 3 aromatic heterocycles. The number of rotatable bonds is 60. The van der Waals surface area contributed by atoms with Gasteiger partial charge >= 0.3 is 0 Å². The fourth-order valence-corrected chi connectivity index (χ4v) is 14.5. The third-order valence-electron chi connectivity index (χ3n) is 21.2. The molecule has 5 heterocycles. The van der Waals surface area contributed by atoms with Crippen molar-refractivity contribution in [3.8, 4) is 91.5 Å². The topological polar surface area (TPSA) is 186 Å². The Balaban J connectivity index is 1.32. The van der Waals surface area contributed by atoms with Crippen molar-refractivity contribution in [1.29, 1.82) is 0 Å². The van der Waals surface area contributed by atoms with E-state index < -0.39 is 0 Å². The largest absolute Gasteiger partial charge is 0.490 e. The lowest BCUT2D eigenvalue weighted by atomic mass is 10.1. The molecule has 600 valence electrons. The Labute approximate surface area is 655 Å². The van der Waals surface area contributed by atoms with Gasteiger partial charge in [0, 0.05) is 50.3 Å². The lowest BCUT2D eigenvalue weighted by Crippen LogP contribution is -2.19. The van der Waals surface area contributed by atoms with Crippen molar-refractivity contribution >= 4 is 44.1 Å². The Hall–Kier alpha value is -7.40. The number of unbranched alkanes of at least 4 members (excludes halogenated alkanes) is 35. The molecule has 0 fully saturated rings. The maximum Gasteiger partial charge on any atom is 0.164 e. The van der Waals surface area contributed by atoms with Crippen molar-refractivity contribution in [2.45, 2.75) is 318 Å². The molecular weight excluding hydrogens is 1360 g/mol. The summed E-state index contributed by atoms with van der Waals surface area (Å²) in [6.45, 7) is 20.9. The quantitative estimate of drug-likeness (QED) is 0.0343. The summed E-state index contributed by atoms with van der Waals surface area (Å²) in [5.41, 5.74) is 5.22. The number of ether oxygens (including phenoxy) is 8. The van der Waals surface area contributed by atoms with Crippen LogP contribution in [0.1, 0.15) is 318 Å². The Kier molecular flexibility index (Phi) is 38.5. The van der Waals surface area contributed by atoms with Crippen molar-refractivity contribution in [3.63, 3.8) is 0 Å². The molecule has 2 aliphatic heterocycles. The smallest absolute Gasteiger partial charge is 0.164 e. The Morgan fingerprint density at radius 2 is 0.394 bits per heavy atom. The number of likely N-dealkylation sites (N-methyl/N-ethyl adjacent to an activating group) is 1. The van der Waals surface area contributed by atoms with E-state index in [1.165, 1.54) is 180 Å². The summed E-state index contributed by atoms with van der Waals surface area (Å²) in [5, 5.41) is 3.18. The van der Waals surface area contributed by atoms with E-state index >= 15 is 0 Å². The van der Waals surface area contributed by atoms with Crippen LogP contribution in [0.5, 0.6) is 46.0 Å². The van der Waals surface area contributed by atoms with Gasteiger partial charge in [0.15, 0.2) is 69.3 Å². The number of fused-ring (bicyclic) bond motifs is 20. The van der Waals surface area contributed by atoms with Crippen LogP contribution in [0.15, 0.2) is 48.5 Å². The monoisotopic (exact) mass is 1500 g/mol. The van der Waals surface area contributed by atoms with Crippen LogP contribution in [0.3, 0.4) is 0 Å². The molecule has 0 unspecified atom stereocenters. The molecule has 4 aromatic carbocycles. The third-order valence-corrected chi connectivity index (χ3v) is 21.2. The summed E-state index contributed by atoms with van der Waals surface area (Å²) in [6, 6.07) is 16.7. The standard InChI is InChI=1S/C92H139N9O8/c1-10-17-24-31-38-45-53-102-77-61-69-70(62-78(77)103-54-46-39-32-25-18-11-2)86-93-85(69)94-87-71-63-79(104-55-47-40-33-26-19-12-3)80(105-56-48-41-34-27-20-13-4)64-72(71)89(96-87)98-91-75-67-83(108-59-51-44-37-30-23-16-7)84(109-60-52-101(8)9)68-76(75)92(100-91)99-90-74-66-82(107-58-50-43-36-29-22-15-6)81(65-73(74)88(95-86)97-90)106-57-49-42-35-28-21-14-5/h61-68H,10-60H2,1-9H3,(H2,93,94,95,96,97,98,99,100). The fraction of sp³-hybridized carbons (Fsp3) is 0.652. The highest BCUT2D eigenvalue weighted by molar-refractivity contribution is 6.08. The van der Waals surface area contributed by atoms with E-state index in [9.17, 15) is 0 Å². The van der Waals surface area contributed by atoms with E-state index in [2.05, 4.69) is 126 Å². The van der Waals surface area contributed by atoms with Crippen molar-refractivity contribution in [2.24, 2.45) is 0 Å². The van der Waals surface area contributed by atoms with Gasteiger partial charge in [0.05, 0.1) is 46.2 Å². The van der Waals surface area contributed by atoms with Gasteiger partial charge in [0.25, 0.3) is 0 Å². The van der Waals surface area contributed by atoms with E-state index in [1.54, 1.807) is 0 Å². The van der Waals surface area contributed by atoms with Crippen molar-refractivity contribution in [3.05, 3.63) is 48.5 Å². The van der Waals surface area contributed by atoms with E-state index in [-0.39, 0.29) is 0 Å². The second-order valence-corrected chi connectivity index (χ2v) is 31.0. The Bertz CT molecular complexity index is 3940. The first-order valence-corrected chi connectivity index (χ1v) is 43.9. The van der Waals surface area contributed by atoms with Crippen LogP contribution in [-0.4, -0.2) is 118 Å². The lowest BCUT2D eigenvalue weighted by molar-refractivity contribution is 0.238. The molecule has 0 saturated carbocycles. The van der Waals surface area contributed by atoms with Gasteiger partial charge in [-0.2, -0.15) is 0 Å². The highest BCUT2D eigenvalue weighted by Crippen LogP contribution is 2.47. The summed E-state index contributed by atoms with van der Waals surface area (Å²) in [4.78, 5) is 43.4. The maximum atomic E-state index is 6.89. The van der Waals surface area contributed by atoms with Gasteiger partial charge in [0.2, 0.25) is 0 Å². The molecular formula is C92H139N9O8. The molecule has 0 radical (unpaired) electrons. The average molecular weight is 1500 g/mol.